The molecule has 7 nitrogen and oxygen atoms in total. The molecule has 0 saturated carbocycles. The van der Waals surface area contributed by atoms with Gasteiger partial charge < -0.3 is 11.1 Å². The molecule has 0 saturated heterocycles. The first-order valence-electron chi connectivity index (χ1n) is 6.04. The zero-order valence-electron chi connectivity index (χ0n) is 11.4. The number of sulfone groups is 1. The summed E-state index contributed by atoms with van der Waals surface area (Å²) in [5.74, 6) is 0.273. The minimum absolute atomic E-state index is 0.00995. The van der Waals surface area contributed by atoms with Gasteiger partial charge in [-0.25, -0.2) is 13.4 Å². The maximum Gasteiger partial charge on any atom is 0.213 e. The lowest BCUT2D eigenvalue weighted by atomic mass is 10.3. The first-order chi connectivity index (χ1) is 9.91. The standard InChI is InChI=1S/C12H13N5O2S2/c1-14-11-9(21(2,18)19)10(13)17(16-11)12-15-7-5-3-4-6-8(7)20-12/h3-6H,13H2,1-2H3,(H,14,16). The van der Waals surface area contributed by atoms with E-state index in [-0.39, 0.29) is 16.5 Å². The van der Waals surface area contributed by atoms with Crippen molar-refractivity contribution in [3.05, 3.63) is 24.3 Å². The lowest BCUT2D eigenvalue weighted by Gasteiger charge is -2.00. The predicted octanol–water partition coefficient (Wildman–Crippen LogP) is 1.51. The minimum Gasteiger partial charge on any atom is -0.382 e. The first kappa shape index (κ1) is 13.8. The Morgan fingerprint density at radius 3 is 2.62 bits per heavy atom. The molecule has 0 atom stereocenters. The molecule has 0 fully saturated rings. The van der Waals surface area contributed by atoms with Crippen LogP contribution in [0.1, 0.15) is 0 Å². The molecule has 21 heavy (non-hydrogen) atoms. The van der Waals surface area contributed by atoms with Crippen LogP contribution in [-0.2, 0) is 9.84 Å². The third kappa shape index (κ3) is 2.24. The van der Waals surface area contributed by atoms with E-state index in [4.69, 9.17) is 5.73 Å². The Hall–Kier alpha value is -2.13. The number of hydrogen-bond acceptors (Lipinski definition) is 7. The Morgan fingerprint density at radius 1 is 1.33 bits per heavy atom. The molecular weight excluding hydrogens is 310 g/mol. The van der Waals surface area contributed by atoms with E-state index in [1.54, 1.807) is 7.05 Å². The summed E-state index contributed by atoms with van der Waals surface area (Å²) in [6, 6.07) is 7.62. The quantitative estimate of drug-likeness (QED) is 0.757. The topological polar surface area (TPSA) is 103 Å². The molecule has 0 radical (unpaired) electrons. The average Bonchev–Trinajstić information content (AvgIpc) is 2.97. The molecule has 110 valence electrons. The molecule has 3 rings (SSSR count). The second-order valence-corrected chi connectivity index (χ2v) is 7.42. The number of aromatic nitrogens is 3. The lowest BCUT2D eigenvalue weighted by molar-refractivity contribution is 0.602. The highest BCUT2D eigenvalue weighted by Gasteiger charge is 2.25. The first-order valence-corrected chi connectivity index (χ1v) is 8.75. The summed E-state index contributed by atoms with van der Waals surface area (Å²) in [6.07, 6.45) is 1.10. The largest absolute Gasteiger partial charge is 0.382 e. The van der Waals surface area contributed by atoms with Crippen molar-refractivity contribution >= 4 is 43.0 Å². The van der Waals surface area contributed by atoms with Gasteiger partial charge in [-0.2, -0.15) is 4.68 Å². The van der Waals surface area contributed by atoms with Crippen LogP contribution in [0, 0.1) is 0 Å². The molecule has 0 bridgehead atoms. The third-order valence-electron chi connectivity index (χ3n) is 2.95. The van der Waals surface area contributed by atoms with Crippen LogP contribution in [0.5, 0.6) is 0 Å². The second-order valence-electron chi connectivity index (χ2n) is 4.46. The monoisotopic (exact) mass is 323 g/mol. The van der Waals surface area contributed by atoms with Crippen LogP contribution in [0.4, 0.5) is 11.6 Å². The highest BCUT2D eigenvalue weighted by atomic mass is 32.2. The van der Waals surface area contributed by atoms with Gasteiger partial charge in [0.15, 0.2) is 26.4 Å². The van der Waals surface area contributed by atoms with Crippen LogP contribution in [0.2, 0.25) is 0 Å². The molecule has 3 aromatic rings. The summed E-state index contributed by atoms with van der Waals surface area (Å²) in [7, 11) is -1.89. The van der Waals surface area contributed by atoms with Crippen molar-refractivity contribution in [1.82, 2.24) is 14.8 Å². The number of thiazole rings is 1. The molecule has 0 spiro atoms. The smallest absolute Gasteiger partial charge is 0.213 e. The number of benzene rings is 1. The number of hydrogen-bond donors (Lipinski definition) is 2. The zero-order valence-corrected chi connectivity index (χ0v) is 13.0. The Bertz CT molecular complexity index is 893. The van der Waals surface area contributed by atoms with E-state index in [9.17, 15) is 8.42 Å². The maximum absolute atomic E-state index is 11.9. The van der Waals surface area contributed by atoms with Crippen molar-refractivity contribution in [3.63, 3.8) is 0 Å². The van der Waals surface area contributed by atoms with Crippen LogP contribution < -0.4 is 11.1 Å². The number of nitrogens with one attached hydrogen (secondary N) is 1. The van der Waals surface area contributed by atoms with Crippen molar-refractivity contribution in [2.75, 3.05) is 24.4 Å². The van der Waals surface area contributed by atoms with Crippen LogP contribution >= 0.6 is 11.3 Å². The molecule has 0 aliphatic rings. The summed E-state index contributed by atoms with van der Waals surface area (Å²) in [5, 5.41) is 7.49. The predicted molar refractivity (Wildman–Crippen MR) is 83.8 cm³/mol. The van der Waals surface area contributed by atoms with Gasteiger partial charge >= 0.3 is 0 Å². The van der Waals surface area contributed by atoms with E-state index in [0.717, 1.165) is 16.5 Å². The lowest BCUT2D eigenvalue weighted by Crippen LogP contribution is -2.05. The summed E-state index contributed by atoms with van der Waals surface area (Å²) in [4.78, 5) is 4.42. The third-order valence-corrected chi connectivity index (χ3v) is 5.10. The van der Waals surface area contributed by atoms with E-state index < -0.39 is 9.84 Å². The van der Waals surface area contributed by atoms with Crippen LogP contribution in [-0.4, -0.2) is 36.5 Å². The summed E-state index contributed by atoms with van der Waals surface area (Å²) < 4.78 is 26.1. The molecule has 0 unspecified atom stereocenters. The fourth-order valence-electron chi connectivity index (χ4n) is 2.04. The molecule has 2 aromatic heterocycles. The number of para-hydroxylation sites is 1. The minimum atomic E-state index is -3.49. The molecule has 0 aliphatic carbocycles. The molecule has 2 heterocycles. The van der Waals surface area contributed by atoms with Crippen LogP contribution in [0.3, 0.4) is 0 Å². The van der Waals surface area contributed by atoms with Gasteiger partial charge in [-0.15, -0.1) is 5.10 Å². The maximum atomic E-state index is 11.9. The molecule has 1 aromatic carbocycles. The van der Waals surface area contributed by atoms with E-state index in [1.165, 1.54) is 16.0 Å². The van der Waals surface area contributed by atoms with Gasteiger partial charge in [-0.05, 0) is 12.1 Å². The second kappa shape index (κ2) is 4.71. The van der Waals surface area contributed by atoms with E-state index in [1.807, 2.05) is 24.3 Å². The Morgan fingerprint density at radius 2 is 2.05 bits per heavy atom. The molecule has 9 heteroatoms. The number of nitrogen functional groups attached to an aromatic ring is 1. The van der Waals surface area contributed by atoms with Gasteiger partial charge in [0.1, 0.15) is 0 Å². The number of anilines is 2. The molecule has 3 N–H and O–H groups in total. The van der Waals surface area contributed by atoms with Crippen molar-refractivity contribution in [2.24, 2.45) is 0 Å². The number of nitrogens with zero attached hydrogens (tertiary/aromatic N) is 3. The Balaban J connectivity index is 2.26. The normalized spacial score (nSPS) is 11.9. The van der Waals surface area contributed by atoms with E-state index in [2.05, 4.69) is 15.4 Å². The summed E-state index contributed by atoms with van der Waals surface area (Å²) >= 11 is 1.39. The highest BCUT2D eigenvalue weighted by Crippen LogP contribution is 2.32. The van der Waals surface area contributed by atoms with Gasteiger partial charge in [-0.1, -0.05) is 23.5 Å². The van der Waals surface area contributed by atoms with Crippen molar-refractivity contribution in [3.8, 4) is 5.13 Å². The number of nitrogens with two attached hydrogens (primary N) is 1. The van der Waals surface area contributed by atoms with E-state index in [0.29, 0.717) is 5.13 Å². The van der Waals surface area contributed by atoms with Crippen molar-refractivity contribution < 1.29 is 8.42 Å². The van der Waals surface area contributed by atoms with Gasteiger partial charge in [0, 0.05) is 13.3 Å². The molecular formula is C12H13N5O2S2. The van der Waals surface area contributed by atoms with Gasteiger partial charge in [0.2, 0.25) is 5.13 Å². The zero-order chi connectivity index (χ0) is 15.2. The Labute approximate surface area is 125 Å². The molecule has 0 amide bonds. The average molecular weight is 323 g/mol. The summed E-state index contributed by atoms with van der Waals surface area (Å²) in [6.45, 7) is 0. The fraction of sp³-hybridized carbons (Fsp3) is 0.167. The number of fused-ring (bicyclic) bond motifs is 1. The fourth-order valence-corrected chi connectivity index (χ4v) is 3.93. The van der Waals surface area contributed by atoms with Crippen LogP contribution in [0.25, 0.3) is 15.3 Å². The SMILES string of the molecule is CNc1nn(-c2nc3ccccc3s2)c(N)c1S(C)(=O)=O. The van der Waals surface area contributed by atoms with Gasteiger partial charge in [0.25, 0.3) is 0 Å². The van der Waals surface area contributed by atoms with Crippen LogP contribution in [0.15, 0.2) is 29.2 Å². The Kier molecular flexibility index (Phi) is 3.10. The molecule has 0 aliphatic heterocycles. The van der Waals surface area contributed by atoms with Crippen molar-refractivity contribution in [2.45, 2.75) is 4.90 Å². The van der Waals surface area contributed by atoms with Gasteiger partial charge in [-0.3, -0.25) is 0 Å². The highest BCUT2D eigenvalue weighted by molar-refractivity contribution is 7.91. The summed E-state index contributed by atoms with van der Waals surface area (Å²) in [5.41, 5.74) is 6.79. The van der Waals surface area contributed by atoms with E-state index >= 15 is 0 Å². The van der Waals surface area contributed by atoms with Gasteiger partial charge in [0.05, 0.1) is 10.2 Å². The number of rotatable bonds is 3. The van der Waals surface area contributed by atoms with Crippen molar-refractivity contribution in [1.29, 1.82) is 0 Å².